The molecule has 1 saturated heterocycles. The van der Waals surface area contributed by atoms with Gasteiger partial charge in [-0.05, 0) is 72.8 Å². The SMILES string of the molecule is Cc1ccc(NC(=O)CN2CC(CN)CCC2C)c(Br)c1. The van der Waals surface area contributed by atoms with E-state index in [0.717, 1.165) is 28.7 Å². The van der Waals surface area contributed by atoms with Crippen LogP contribution in [0.5, 0.6) is 0 Å². The summed E-state index contributed by atoms with van der Waals surface area (Å²) in [5.74, 6) is 0.546. The van der Waals surface area contributed by atoms with Crippen LogP contribution in [0.1, 0.15) is 25.3 Å². The molecule has 5 heteroatoms. The molecule has 3 N–H and O–H groups in total. The molecule has 2 rings (SSSR count). The third-order valence-corrected chi connectivity index (χ3v) is 4.84. The van der Waals surface area contributed by atoms with Crippen LogP contribution in [-0.4, -0.2) is 36.5 Å². The van der Waals surface area contributed by atoms with E-state index in [1.54, 1.807) is 0 Å². The van der Waals surface area contributed by atoms with Crippen LogP contribution in [0.2, 0.25) is 0 Å². The number of hydrogen-bond donors (Lipinski definition) is 2. The van der Waals surface area contributed by atoms with Gasteiger partial charge in [-0.3, -0.25) is 9.69 Å². The van der Waals surface area contributed by atoms with Crippen LogP contribution in [0.3, 0.4) is 0 Å². The van der Waals surface area contributed by atoms with E-state index in [1.165, 1.54) is 6.42 Å². The fraction of sp³-hybridized carbons (Fsp3) is 0.562. The Morgan fingerprint density at radius 3 is 2.90 bits per heavy atom. The van der Waals surface area contributed by atoms with Crippen molar-refractivity contribution in [1.82, 2.24) is 4.90 Å². The summed E-state index contributed by atoms with van der Waals surface area (Å²) >= 11 is 3.49. The molecule has 0 radical (unpaired) electrons. The molecule has 0 spiro atoms. The summed E-state index contributed by atoms with van der Waals surface area (Å²) in [7, 11) is 0. The molecule has 1 aliphatic rings. The second-order valence-corrected chi connectivity index (χ2v) is 6.84. The predicted molar refractivity (Wildman–Crippen MR) is 90.3 cm³/mol. The van der Waals surface area contributed by atoms with Crippen molar-refractivity contribution in [2.45, 2.75) is 32.7 Å². The summed E-state index contributed by atoms with van der Waals surface area (Å²) < 4.78 is 0.919. The van der Waals surface area contributed by atoms with Crippen LogP contribution in [0.4, 0.5) is 5.69 Å². The van der Waals surface area contributed by atoms with Gasteiger partial charge in [0, 0.05) is 17.1 Å². The van der Waals surface area contributed by atoms with Gasteiger partial charge < -0.3 is 11.1 Å². The fourth-order valence-electron chi connectivity index (χ4n) is 2.77. The van der Waals surface area contributed by atoms with Crippen molar-refractivity contribution in [3.63, 3.8) is 0 Å². The van der Waals surface area contributed by atoms with Crippen molar-refractivity contribution in [2.24, 2.45) is 11.7 Å². The Bertz CT molecular complexity index is 506. The molecule has 116 valence electrons. The zero-order chi connectivity index (χ0) is 15.4. The Kier molecular flexibility index (Phi) is 5.79. The molecule has 0 aromatic heterocycles. The number of rotatable bonds is 4. The summed E-state index contributed by atoms with van der Waals surface area (Å²) in [6.45, 7) is 6.26. The summed E-state index contributed by atoms with van der Waals surface area (Å²) in [6, 6.07) is 6.37. The number of nitrogens with one attached hydrogen (secondary N) is 1. The molecule has 1 amide bonds. The normalized spacial score (nSPS) is 23.0. The first-order valence-corrected chi connectivity index (χ1v) is 8.29. The number of carbonyl (C=O) groups is 1. The fourth-order valence-corrected chi connectivity index (χ4v) is 3.36. The van der Waals surface area contributed by atoms with Crippen LogP contribution in [-0.2, 0) is 4.79 Å². The highest BCUT2D eigenvalue weighted by Gasteiger charge is 2.26. The Morgan fingerprint density at radius 1 is 1.48 bits per heavy atom. The molecule has 2 atom stereocenters. The number of nitrogens with two attached hydrogens (primary N) is 1. The van der Waals surface area contributed by atoms with Gasteiger partial charge in [0.15, 0.2) is 0 Å². The van der Waals surface area contributed by atoms with E-state index in [-0.39, 0.29) is 5.91 Å². The van der Waals surface area contributed by atoms with Crippen LogP contribution >= 0.6 is 15.9 Å². The molecular formula is C16H24BrN3O. The maximum atomic E-state index is 12.3. The Morgan fingerprint density at radius 2 is 2.24 bits per heavy atom. The van der Waals surface area contributed by atoms with Crippen LogP contribution in [0.15, 0.2) is 22.7 Å². The first-order chi connectivity index (χ1) is 9.99. The lowest BCUT2D eigenvalue weighted by molar-refractivity contribution is -0.118. The second-order valence-electron chi connectivity index (χ2n) is 5.99. The highest BCUT2D eigenvalue weighted by atomic mass is 79.9. The smallest absolute Gasteiger partial charge is 0.238 e. The Labute approximate surface area is 135 Å². The molecule has 4 nitrogen and oxygen atoms in total. The molecule has 1 aliphatic heterocycles. The number of halogens is 1. The summed E-state index contributed by atoms with van der Waals surface area (Å²) in [6.07, 6.45) is 2.28. The lowest BCUT2D eigenvalue weighted by atomic mass is 9.93. The first kappa shape index (κ1) is 16.5. The molecule has 0 aliphatic carbocycles. The lowest BCUT2D eigenvalue weighted by Crippen LogP contribution is -2.47. The maximum Gasteiger partial charge on any atom is 0.238 e. The first-order valence-electron chi connectivity index (χ1n) is 7.49. The quantitative estimate of drug-likeness (QED) is 0.874. The van der Waals surface area contributed by atoms with E-state index >= 15 is 0 Å². The van der Waals surface area contributed by atoms with E-state index in [1.807, 2.05) is 25.1 Å². The average Bonchev–Trinajstić information content (AvgIpc) is 2.44. The molecule has 1 heterocycles. The standard InChI is InChI=1S/C16H24BrN3O/c1-11-3-6-15(14(17)7-11)19-16(21)10-20-9-13(8-18)5-4-12(20)2/h3,6-7,12-13H,4-5,8-10,18H2,1-2H3,(H,19,21). The molecule has 0 saturated carbocycles. The summed E-state index contributed by atoms with van der Waals surface area (Å²) in [5.41, 5.74) is 7.75. The van der Waals surface area contributed by atoms with Gasteiger partial charge in [-0.2, -0.15) is 0 Å². The molecule has 21 heavy (non-hydrogen) atoms. The van der Waals surface area contributed by atoms with E-state index in [0.29, 0.717) is 25.0 Å². The van der Waals surface area contributed by atoms with Gasteiger partial charge in [-0.25, -0.2) is 0 Å². The number of piperidine rings is 1. The van der Waals surface area contributed by atoms with Crippen molar-refractivity contribution in [3.05, 3.63) is 28.2 Å². The third-order valence-electron chi connectivity index (χ3n) is 4.19. The van der Waals surface area contributed by atoms with Crippen molar-refractivity contribution < 1.29 is 4.79 Å². The van der Waals surface area contributed by atoms with Gasteiger partial charge in [-0.15, -0.1) is 0 Å². The zero-order valence-corrected chi connectivity index (χ0v) is 14.3. The lowest BCUT2D eigenvalue weighted by Gasteiger charge is -2.37. The number of carbonyl (C=O) groups excluding carboxylic acids is 1. The van der Waals surface area contributed by atoms with E-state index < -0.39 is 0 Å². The highest BCUT2D eigenvalue weighted by molar-refractivity contribution is 9.10. The minimum atomic E-state index is 0.0316. The average molecular weight is 354 g/mol. The third kappa shape index (κ3) is 4.53. The topological polar surface area (TPSA) is 58.4 Å². The molecule has 1 aromatic carbocycles. The van der Waals surface area contributed by atoms with Gasteiger partial charge in [0.05, 0.1) is 12.2 Å². The van der Waals surface area contributed by atoms with Crippen LogP contribution in [0, 0.1) is 12.8 Å². The number of likely N-dealkylation sites (tertiary alicyclic amines) is 1. The Hall–Kier alpha value is -0.910. The number of benzene rings is 1. The van der Waals surface area contributed by atoms with E-state index in [9.17, 15) is 4.79 Å². The monoisotopic (exact) mass is 353 g/mol. The summed E-state index contributed by atoms with van der Waals surface area (Å²) in [4.78, 5) is 14.5. The minimum Gasteiger partial charge on any atom is -0.330 e. The van der Waals surface area contributed by atoms with Gasteiger partial charge in [-0.1, -0.05) is 6.07 Å². The van der Waals surface area contributed by atoms with Crippen molar-refractivity contribution in [2.75, 3.05) is 25.0 Å². The van der Waals surface area contributed by atoms with Gasteiger partial charge in [0.25, 0.3) is 0 Å². The summed E-state index contributed by atoms with van der Waals surface area (Å²) in [5, 5.41) is 2.98. The number of aryl methyl sites for hydroxylation is 1. The van der Waals surface area contributed by atoms with E-state index in [4.69, 9.17) is 5.73 Å². The van der Waals surface area contributed by atoms with Gasteiger partial charge in [0.1, 0.15) is 0 Å². The van der Waals surface area contributed by atoms with Crippen LogP contribution in [0.25, 0.3) is 0 Å². The Balaban J connectivity index is 1.94. The number of nitrogens with zero attached hydrogens (tertiary/aromatic N) is 1. The van der Waals surface area contributed by atoms with Gasteiger partial charge >= 0.3 is 0 Å². The number of hydrogen-bond acceptors (Lipinski definition) is 3. The second kappa shape index (κ2) is 7.38. The molecule has 0 bridgehead atoms. The predicted octanol–water partition coefficient (Wildman–Crippen LogP) is 2.76. The molecule has 2 unspecified atom stereocenters. The highest BCUT2D eigenvalue weighted by Crippen LogP contribution is 2.24. The zero-order valence-electron chi connectivity index (χ0n) is 12.7. The number of amides is 1. The molecular weight excluding hydrogens is 330 g/mol. The van der Waals surface area contributed by atoms with Crippen molar-refractivity contribution in [1.29, 1.82) is 0 Å². The molecule has 1 fully saturated rings. The largest absolute Gasteiger partial charge is 0.330 e. The molecule has 1 aromatic rings. The maximum absolute atomic E-state index is 12.3. The van der Waals surface area contributed by atoms with E-state index in [2.05, 4.69) is 33.1 Å². The van der Waals surface area contributed by atoms with Crippen molar-refractivity contribution in [3.8, 4) is 0 Å². The minimum absolute atomic E-state index is 0.0316. The van der Waals surface area contributed by atoms with Gasteiger partial charge in [0.2, 0.25) is 5.91 Å². The number of anilines is 1. The van der Waals surface area contributed by atoms with Crippen molar-refractivity contribution >= 4 is 27.5 Å². The van der Waals surface area contributed by atoms with Crippen LogP contribution < -0.4 is 11.1 Å².